The Balaban J connectivity index is 1.76. The van der Waals surface area contributed by atoms with E-state index >= 15 is 0 Å². The molecule has 7 nitrogen and oxygen atoms in total. The first kappa shape index (κ1) is 20.3. The summed E-state index contributed by atoms with van der Waals surface area (Å²) in [5, 5.41) is 16.9. The molecule has 3 aromatic rings. The van der Waals surface area contributed by atoms with Gasteiger partial charge in [0.2, 0.25) is 0 Å². The zero-order valence-electron chi connectivity index (χ0n) is 17.1. The number of rotatable bonds is 5. The maximum Gasteiger partial charge on any atom is 0.325 e. The summed E-state index contributed by atoms with van der Waals surface area (Å²) in [5.41, 5.74) is 1.21. The number of nitriles is 1. The Labute approximate surface area is 178 Å². The van der Waals surface area contributed by atoms with Gasteiger partial charge in [-0.1, -0.05) is 37.3 Å². The van der Waals surface area contributed by atoms with E-state index in [0.717, 1.165) is 10.6 Å². The van der Waals surface area contributed by atoms with Gasteiger partial charge >= 0.3 is 6.03 Å². The van der Waals surface area contributed by atoms with Crippen molar-refractivity contribution in [3.8, 4) is 11.8 Å². The van der Waals surface area contributed by atoms with Gasteiger partial charge in [0.15, 0.2) is 0 Å². The highest BCUT2D eigenvalue weighted by Crippen LogP contribution is 2.34. The van der Waals surface area contributed by atoms with E-state index in [9.17, 15) is 19.2 Å². The highest BCUT2D eigenvalue weighted by molar-refractivity contribution is 6.07. The molecule has 0 spiro atoms. The third-order valence-corrected chi connectivity index (χ3v) is 5.62. The number of carbonyl (C=O) groups excluding carboxylic acids is 2. The summed E-state index contributed by atoms with van der Waals surface area (Å²) >= 11 is 0. The molecule has 1 fully saturated rings. The number of imide groups is 1. The molecule has 0 aliphatic carbocycles. The molecule has 0 saturated carbocycles. The molecule has 1 aliphatic rings. The van der Waals surface area contributed by atoms with Crippen LogP contribution in [0.1, 0.15) is 35.9 Å². The van der Waals surface area contributed by atoms with Crippen LogP contribution in [0.15, 0.2) is 54.6 Å². The first-order valence-electron chi connectivity index (χ1n) is 9.85. The topological polar surface area (TPSA) is 91.0 Å². The number of hydrogen-bond acceptors (Lipinski definition) is 4. The van der Waals surface area contributed by atoms with Crippen LogP contribution in [0.25, 0.3) is 5.69 Å². The molecule has 2 heterocycles. The molecule has 1 N–H and O–H groups in total. The summed E-state index contributed by atoms with van der Waals surface area (Å²) in [6.07, 6.45) is 0.293. The normalized spacial score (nSPS) is 18.2. The number of aryl methyl sites for hydroxylation is 1. The molecule has 2 aromatic carbocycles. The third-order valence-electron chi connectivity index (χ3n) is 5.62. The van der Waals surface area contributed by atoms with Crippen molar-refractivity contribution in [1.82, 2.24) is 20.0 Å². The number of urea groups is 1. The van der Waals surface area contributed by atoms with Gasteiger partial charge in [0, 0.05) is 0 Å². The Morgan fingerprint density at radius 1 is 1.13 bits per heavy atom. The van der Waals surface area contributed by atoms with Gasteiger partial charge < -0.3 is 5.32 Å². The lowest BCUT2D eigenvalue weighted by atomic mass is 9.87. The lowest BCUT2D eigenvalue weighted by Crippen LogP contribution is -2.43. The zero-order valence-corrected chi connectivity index (χ0v) is 17.1. The van der Waals surface area contributed by atoms with Crippen LogP contribution in [0.4, 0.5) is 9.18 Å². The van der Waals surface area contributed by atoms with E-state index in [1.54, 1.807) is 18.5 Å². The predicted molar refractivity (Wildman–Crippen MR) is 110 cm³/mol. The van der Waals surface area contributed by atoms with E-state index in [1.807, 2.05) is 30.3 Å². The van der Waals surface area contributed by atoms with E-state index in [-0.39, 0.29) is 6.54 Å². The van der Waals surface area contributed by atoms with Crippen molar-refractivity contribution in [2.24, 2.45) is 0 Å². The van der Waals surface area contributed by atoms with Crippen LogP contribution in [0.5, 0.6) is 0 Å². The fourth-order valence-corrected chi connectivity index (χ4v) is 3.94. The second-order valence-corrected chi connectivity index (χ2v) is 7.35. The molecule has 1 unspecified atom stereocenters. The second-order valence-electron chi connectivity index (χ2n) is 7.35. The number of aromatic nitrogens is 2. The first-order valence-corrected chi connectivity index (χ1v) is 9.85. The molecular formula is C23H20FN5O2. The number of carbonyl (C=O) groups is 2. The lowest BCUT2D eigenvalue weighted by molar-refractivity contribution is -0.132. The van der Waals surface area contributed by atoms with Crippen LogP contribution >= 0.6 is 0 Å². The number of benzene rings is 2. The summed E-state index contributed by atoms with van der Waals surface area (Å²) in [5.74, 6) is -0.876. The molecule has 3 amide bonds. The number of nitrogens with one attached hydrogen (secondary N) is 1. The number of nitrogens with zero attached hydrogens (tertiary/aromatic N) is 4. The maximum absolute atomic E-state index is 13.4. The van der Waals surface area contributed by atoms with Crippen LogP contribution in [-0.4, -0.2) is 26.6 Å². The Morgan fingerprint density at radius 3 is 2.42 bits per heavy atom. The van der Waals surface area contributed by atoms with Gasteiger partial charge in [-0.05, 0) is 43.2 Å². The monoisotopic (exact) mass is 417 g/mol. The van der Waals surface area contributed by atoms with Gasteiger partial charge in [0.25, 0.3) is 5.91 Å². The van der Waals surface area contributed by atoms with Crippen LogP contribution in [0, 0.1) is 24.1 Å². The van der Waals surface area contributed by atoms with Gasteiger partial charge in [0.05, 0.1) is 29.2 Å². The fraction of sp³-hybridized carbons (Fsp3) is 0.217. The highest BCUT2D eigenvalue weighted by Gasteiger charge is 2.51. The van der Waals surface area contributed by atoms with Gasteiger partial charge in [-0.3, -0.25) is 9.69 Å². The Morgan fingerprint density at radius 2 is 1.81 bits per heavy atom. The minimum absolute atomic E-state index is 0.119. The van der Waals surface area contributed by atoms with Crippen LogP contribution in [-0.2, 0) is 16.9 Å². The number of halogens is 1. The number of para-hydroxylation sites is 1. The smallest absolute Gasteiger partial charge is 0.319 e. The molecule has 4 rings (SSSR count). The van der Waals surface area contributed by atoms with E-state index in [0.29, 0.717) is 28.9 Å². The molecule has 0 radical (unpaired) electrons. The predicted octanol–water partition coefficient (Wildman–Crippen LogP) is 3.55. The van der Waals surface area contributed by atoms with Gasteiger partial charge in [-0.15, -0.1) is 0 Å². The molecule has 1 saturated heterocycles. The molecular weight excluding hydrogens is 397 g/mol. The van der Waals surface area contributed by atoms with Crippen LogP contribution < -0.4 is 5.32 Å². The molecule has 1 aliphatic heterocycles. The van der Waals surface area contributed by atoms with E-state index < -0.39 is 23.3 Å². The molecule has 8 heteroatoms. The van der Waals surface area contributed by atoms with Crippen molar-refractivity contribution in [1.29, 1.82) is 5.26 Å². The van der Waals surface area contributed by atoms with E-state index in [1.165, 1.54) is 24.3 Å². The van der Waals surface area contributed by atoms with Crippen molar-refractivity contribution in [3.63, 3.8) is 0 Å². The number of hydrogen-bond donors (Lipinski definition) is 1. The summed E-state index contributed by atoms with van der Waals surface area (Å²) in [6, 6.07) is 16.3. The average molecular weight is 417 g/mol. The summed E-state index contributed by atoms with van der Waals surface area (Å²) in [6.45, 7) is 3.37. The minimum Gasteiger partial charge on any atom is -0.319 e. The molecule has 156 valence electrons. The summed E-state index contributed by atoms with van der Waals surface area (Å²) in [4.78, 5) is 27.4. The number of amides is 3. The Kier molecular flexibility index (Phi) is 5.03. The molecule has 1 aromatic heterocycles. The van der Waals surface area contributed by atoms with Crippen molar-refractivity contribution < 1.29 is 14.0 Å². The van der Waals surface area contributed by atoms with Crippen molar-refractivity contribution >= 4 is 11.9 Å². The van der Waals surface area contributed by atoms with Gasteiger partial charge in [-0.2, -0.15) is 10.4 Å². The van der Waals surface area contributed by atoms with Crippen molar-refractivity contribution in [2.45, 2.75) is 32.4 Å². The van der Waals surface area contributed by atoms with Gasteiger partial charge in [0.1, 0.15) is 17.4 Å². The molecule has 0 bridgehead atoms. The minimum atomic E-state index is -1.29. The standard InChI is InChI=1S/C23H20FN5O2/c1-3-23(16-9-11-17(24)12-10-16)21(30)28(22(31)26-23)14-20-19(13-25)15(2)27-29(20)18-7-5-4-6-8-18/h4-12H,3,14H2,1-2H3,(H,26,31). The molecule has 1 atom stereocenters. The van der Waals surface area contributed by atoms with Gasteiger partial charge in [-0.25, -0.2) is 13.9 Å². The largest absolute Gasteiger partial charge is 0.325 e. The maximum atomic E-state index is 13.4. The van der Waals surface area contributed by atoms with E-state index in [2.05, 4.69) is 16.5 Å². The van der Waals surface area contributed by atoms with E-state index in [4.69, 9.17) is 0 Å². The second kappa shape index (κ2) is 7.69. The SMILES string of the molecule is CCC1(c2ccc(F)cc2)NC(=O)N(Cc2c(C#N)c(C)nn2-c2ccccc2)C1=O. The van der Waals surface area contributed by atoms with Crippen LogP contribution in [0.2, 0.25) is 0 Å². The average Bonchev–Trinajstić information content (AvgIpc) is 3.23. The Bertz CT molecular complexity index is 1200. The highest BCUT2D eigenvalue weighted by atomic mass is 19.1. The summed E-state index contributed by atoms with van der Waals surface area (Å²) < 4.78 is 15.0. The lowest BCUT2D eigenvalue weighted by Gasteiger charge is -2.25. The van der Waals surface area contributed by atoms with Crippen molar-refractivity contribution in [2.75, 3.05) is 0 Å². The van der Waals surface area contributed by atoms with Crippen LogP contribution in [0.3, 0.4) is 0 Å². The fourth-order valence-electron chi connectivity index (χ4n) is 3.94. The van der Waals surface area contributed by atoms with Crippen molar-refractivity contribution in [3.05, 3.63) is 82.9 Å². The molecule has 31 heavy (non-hydrogen) atoms. The first-order chi connectivity index (χ1) is 14.9. The Hall–Kier alpha value is -3.99. The zero-order chi connectivity index (χ0) is 22.2. The third kappa shape index (κ3) is 3.24. The quantitative estimate of drug-likeness (QED) is 0.643. The summed E-state index contributed by atoms with van der Waals surface area (Å²) in [7, 11) is 0.